The minimum absolute atomic E-state index is 0.0933. The molecule has 1 N–H and O–H groups in total. The molecule has 0 radical (unpaired) electrons. The van der Waals surface area contributed by atoms with Crippen LogP contribution in [0.15, 0.2) is 66.9 Å². The van der Waals surface area contributed by atoms with Crippen LogP contribution in [0.25, 0.3) is 0 Å². The molecule has 1 fully saturated rings. The smallest absolute Gasteiger partial charge is 0.415 e. The van der Waals surface area contributed by atoms with Gasteiger partial charge < -0.3 is 24.3 Å². The number of allylic oxidation sites excluding steroid dienone is 1. The zero-order chi connectivity index (χ0) is 35.7. The molecule has 2 amide bonds. The SMILES string of the molecule is C=C(C)OC(=O)N1Cc2cc3c(cc2C[C@H]1C(=O)O[C@@H]1C[C@H](C)CC[C@H]1C(C)C)NC(=O)[C@@H](c1ccc(OCc2ccc(Cl)c(Cl)c2)cc1)O3. The van der Waals surface area contributed by atoms with Crippen LogP contribution in [0.4, 0.5) is 10.5 Å². The maximum Gasteiger partial charge on any atom is 0.415 e. The van der Waals surface area contributed by atoms with E-state index in [4.69, 9.17) is 42.1 Å². The normalized spacial score (nSPS) is 22.8. The fraction of sp³-hybridized carbons (Fsp3) is 0.410. The predicted molar refractivity (Wildman–Crippen MR) is 191 cm³/mol. The highest BCUT2D eigenvalue weighted by molar-refractivity contribution is 6.42. The summed E-state index contributed by atoms with van der Waals surface area (Å²) in [5, 5.41) is 3.90. The Hall–Kier alpha value is -4.21. The Bertz CT molecular complexity index is 1790. The van der Waals surface area contributed by atoms with E-state index in [0.717, 1.165) is 36.0 Å². The number of benzene rings is 3. The van der Waals surface area contributed by atoms with Gasteiger partial charge in [0.25, 0.3) is 5.91 Å². The van der Waals surface area contributed by atoms with E-state index < -0.39 is 24.2 Å². The van der Waals surface area contributed by atoms with Gasteiger partial charge in [-0.25, -0.2) is 9.59 Å². The minimum atomic E-state index is -0.910. The summed E-state index contributed by atoms with van der Waals surface area (Å²) in [6, 6.07) is 15.1. The van der Waals surface area contributed by atoms with Gasteiger partial charge in [-0.3, -0.25) is 9.69 Å². The lowest BCUT2D eigenvalue weighted by Gasteiger charge is -2.40. The number of fused-ring (bicyclic) bond motifs is 2. The molecule has 0 bridgehead atoms. The molecular weight excluding hydrogens is 679 g/mol. The Morgan fingerprint density at radius 2 is 1.80 bits per heavy atom. The first kappa shape index (κ1) is 35.6. The summed E-state index contributed by atoms with van der Waals surface area (Å²) in [6.07, 6.45) is 1.29. The molecule has 3 aromatic carbocycles. The van der Waals surface area contributed by atoms with Gasteiger partial charge >= 0.3 is 12.1 Å². The van der Waals surface area contributed by atoms with E-state index in [0.29, 0.717) is 51.2 Å². The van der Waals surface area contributed by atoms with Crippen LogP contribution in [0.1, 0.15) is 75.3 Å². The fourth-order valence-corrected chi connectivity index (χ4v) is 7.35. The van der Waals surface area contributed by atoms with Crippen molar-refractivity contribution in [1.29, 1.82) is 0 Å². The highest BCUT2D eigenvalue weighted by Crippen LogP contribution is 2.41. The molecule has 1 aliphatic carbocycles. The first-order valence-electron chi connectivity index (χ1n) is 17.0. The third kappa shape index (κ3) is 7.89. The maximum absolute atomic E-state index is 13.8. The zero-order valence-electron chi connectivity index (χ0n) is 28.7. The third-order valence-electron chi connectivity index (χ3n) is 9.74. The van der Waals surface area contributed by atoms with Gasteiger partial charge in [-0.2, -0.15) is 0 Å². The molecule has 11 heteroatoms. The molecule has 50 heavy (non-hydrogen) atoms. The summed E-state index contributed by atoms with van der Waals surface area (Å²) in [7, 11) is 0. The average molecular weight is 722 g/mol. The lowest BCUT2D eigenvalue weighted by molar-refractivity contribution is -0.162. The molecule has 6 rings (SSSR count). The van der Waals surface area contributed by atoms with Crippen LogP contribution >= 0.6 is 23.2 Å². The van der Waals surface area contributed by atoms with Gasteiger partial charge in [0.1, 0.15) is 30.3 Å². The summed E-state index contributed by atoms with van der Waals surface area (Å²) < 4.78 is 23.7. The van der Waals surface area contributed by atoms with E-state index in [-0.39, 0.29) is 36.7 Å². The number of nitrogens with one attached hydrogen (secondary N) is 1. The minimum Gasteiger partial charge on any atom is -0.489 e. The molecule has 0 aromatic heterocycles. The number of anilines is 1. The van der Waals surface area contributed by atoms with Gasteiger partial charge in [0.2, 0.25) is 6.10 Å². The number of esters is 1. The Kier molecular flexibility index (Phi) is 10.6. The van der Waals surface area contributed by atoms with E-state index in [1.807, 2.05) is 18.2 Å². The van der Waals surface area contributed by atoms with E-state index in [2.05, 4.69) is 32.7 Å². The van der Waals surface area contributed by atoms with E-state index in [9.17, 15) is 14.4 Å². The van der Waals surface area contributed by atoms with Crippen LogP contribution < -0.4 is 14.8 Å². The van der Waals surface area contributed by atoms with E-state index >= 15 is 0 Å². The van der Waals surface area contributed by atoms with Crippen molar-refractivity contribution in [2.75, 3.05) is 5.32 Å². The highest BCUT2D eigenvalue weighted by atomic mass is 35.5. The van der Waals surface area contributed by atoms with E-state index in [1.54, 1.807) is 43.3 Å². The van der Waals surface area contributed by atoms with Gasteiger partial charge in [-0.1, -0.05) is 75.2 Å². The first-order valence-corrected chi connectivity index (χ1v) is 17.8. The summed E-state index contributed by atoms with van der Waals surface area (Å²) >= 11 is 12.1. The molecule has 2 heterocycles. The van der Waals surface area contributed by atoms with Gasteiger partial charge in [-0.05, 0) is 90.6 Å². The van der Waals surface area contributed by atoms with Crippen LogP contribution in [-0.2, 0) is 38.6 Å². The number of amides is 2. The zero-order valence-corrected chi connectivity index (χ0v) is 30.2. The summed E-state index contributed by atoms with van der Waals surface area (Å²) in [5.41, 5.74) is 3.59. The number of nitrogens with zero attached hydrogens (tertiary/aromatic N) is 1. The number of halogens is 2. The molecule has 264 valence electrons. The molecule has 3 aliphatic rings. The first-order chi connectivity index (χ1) is 23.9. The Labute approximate surface area is 302 Å². The lowest BCUT2D eigenvalue weighted by atomic mass is 9.75. The molecule has 3 aromatic rings. The topological polar surface area (TPSA) is 103 Å². The van der Waals surface area contributed by atoms with Crippen molar-refractivity contribution in [2.24, 2.45) is 17.8 Å². The van der Waals surface area contributed by atoms with Crippen LogP contribution in [-0.4, -0.2) is 35.0 Å². The number of hydrogen-bond donors (Lipinski definition) is 1. The van der Waals surface area contributed by atoms with Crippen molar-refractivity contribution in [1.82, 2.24) is 4.90 Å². The van der Waals surface area contributed by atoms with Crippen molar-refractivity contribution in [2.45, 2.75) is 84.8 Å². The summed E-state index contributed by atoms with van der Waals surface area (Å²) in [5.74, 6) is 1.57. The third-order valence-corrected chi connectivity index (χ3v) is 10.5. The van der Waals surface area contributed by atoms with Gasteiger partial charge in [0, 0.05) is 12.0 Å². The van der Waals surface area contributed by atoms with Crippen molar-refractivity contribution in [3.63, 3.8) is 0 Å². The number of rotatable bonds is 8. The predicted octanol–water partition coefficient (Wildman–Crippen LogP) is 9.05. The molecular formula is C39H42Cl2N2O7. The van der Waals surface area contributed by atoms with E-state index in [1.165, 1.54) is 4.90 Å². The molecule has 0 unspecified atom stereocenters. The van der Waals surface area contributed by atoms with Crippen LogP contribution in [0.5, 0.6) is 11.5 Å². The number of hydrogen-bond acceptors (Lipinski definition) is 7. The summed E-state index contributed by atoms with van der Waals surface area (Å²) in [6.45, 7) is 12.2. The molecule has 0 spiro atoms. The van der Waals surface area contributed by atoms with Crippen molar-refractivity contribution in [3.05, 3.63) is 99.2 Å². The monoisotopic (exact) mass is 720 g/mol. The second-order valence-electron chi connectivity index (χ2n) is 13.9. The molecule has 2 aliphatic heterocycles. The number of carbonyl (C=O) groups is 3. The quantitative estimate of drug-likeness (QED) is 0.183. The number of ether oxygens (including phenoxy) is 4. The molecule has 9 nitrogen and oxygen atoms in total. The second-order valence-corrected chi connectivity index (χ2v) is 14.7. The largest absolute Gasteiger partial charge is 0.489 e. The Balaban J connectivity index is 1.19. The van der Waals surface area contributed by atoms with Gasteiger partial charge in [-0.15, -0.1) is 0 Å². The Morgan fingerprint density at radius 1 is 1.04 bits per heavy atom. The second kappa shape index (κ2) is 15.0. The van der Waals surface area contributed by atoms with Crippen LogP contribution in [0.3, 0.4) is 0 Å². The standard InChI is InChI=1S/C39H42Cl2N2O7/c1-21(2)29-12-6-23(5)14-34(29)50-38(45)33-17-26-16-32-35(18-27(26)19-43(33)39(46)48-22(3)4)49-36(37(44)42-32)25-8-10-28(11-9-25)47-20-24-7-13-30(40)31(41)15-24/h7-11,13,15-16,18,21,23,29,33-34,36H,3,6,12,14,17,19-20H2,1-2,4-5H3,(H,42,44)/t23-,29+,33+,34-,36-/m1/s1. The van der Waals surface area contributed by atoms with Crippen molar-refractivity contribution < 1.29 is 33.3 Å². The number of carbonyl (C=O) groups excluding carboxylic acids is 3. The fourth-order valence-electron chi connectivity index (χ4n) is 7.03. The van der Waals surface area contributed by atoms with Gasteiger partial charge in [0.15, 0.2) is 0 Å². The summed E-state index contributed by atoms with van der Waals surface area (Å²) in [4.78, 5) is 41.9. The molecule has 1 saturated carbocycles. The van der Waals surface area contributed by atoms with Crippen LogP contribution in [0.2, 0.25) is 10.0 Å². The average Bonchev–Trinajstić information content (AvgIpc) is 3.07. The van der Waals surface area contributed by atoms with Crippen LogP contribution in [0, 0.1) is 17.8 Å². The van der Waals surface area contributed by atoms with Crippen molar-refractivity contribution in [3.8, 4) is 11.5 Å². The molecule has 5 atom stereocenters. The van der Waals surface area contributed by atoms with Gasteiger partial charge in [0.05, 0.1) is 28.0 Å². The molecule has 0 saturated heterocycles. The van der Waals surface area contributed by atoms with Crippen molar-refractivity contribution >= 4 is 46.9 Å². The highest BCUT2D eigenvalue weighted by Gasteiger charge is 2.41. The lowest BCUT2D eigenvalue weighted by Crippen LogP contribution is -2.51. The maximum atomic E-state index is 13.8. The Morgan fingerprint density at radius 3 is 2.50 bits per heavy atom.